The zero-order valence-electron chi connectivity index (χ0n) is 14.8. The molecule has 0 spiro atoms. The monoisotopic (exact) mass is 360 g/mol. The molecule has 1 saturated carbocycles. The molecule has 27 heavy (non-hydrogen) atoms. The molecule has 1 fully saturated rings. The van der Waals surface area contributed by atoms with E-state index in [1.807, 2.05) is 6.07 Å². The minimum Gasteiger partial charge on any atom is -0.267 e. The predicted octanol–water partition coefficient (Wildman–Crippen LogP) is 3.11. The van der Waals surface area contributed by atoms with Crippen LogP contribution in [-0.4, -0.2) is 31.8 Å². The molecule has 0 aliphatic heterocycles. The second-order valence-corrected chi connectivity index (χ2v) is 6.61. The Labute approximate surface area is 157 Å². The molecule has 1 aliphatic carbocycles. The lowest BCUT2D eigenvalue weighted by molar-refractivity contribution is 0.0954. The van der Waals surface area contributed by atoms with Crippen molar-refractivity contribution >= 4 is 11.6 Å². The number of carbonyl (C=O) groups is 1. The minimum absolute atomic E-state index is 0.212. The van der Waals surface area contributed by atoms with Crippen molar-refractivity contribution in [3.05, 3.63) is 72.1 Å². The Hall–Kier alpha value is -3.35. The topological polar surface area (TPSA) is 85.1 Å². The molecule has 0 bridgehead atoms. The van der Waals surface area contributed by atoms with Gasteiger partial charge < -0.3 is 0 Å². The van der Waals surface area contributed by atoms with Gasteiger partial charge >= 0.3 is 0 Å². The van der Waals surface area contributed by atoms with E-state index in [4.69, 9.17) is 0 Å². The standard InChI is InChI=1S/C20H20N6O/c27-20(17-8-12-19(13-9-17)26-14-21-24-25-26)23-22-18-10-6-16(7-11-18)15-4-2-1-3-5-15/h1-5,8-9,12-14,16H,6-7,10-11H2,(H,23,27). The number of nitrogens with one attached hydrogen (secondary N) is 1. The van der Waals surface area contributed by atoms with Crippen molar-refractivity contribution in [2.45, 2.75) is 31.6 Å². The average Bonchev–Trinajstić information content (AvgIpc) is 3.28. The van der Waals surface area contributed by atoms with Crippen LogP contribution in [0.5, 0.6) is 0 Å². The quantitative estimate of drug-likeness (QED) is 0.725. The number of benzene rings is 2. The second kappa shape index (κ2) is 7.90. The third-order valence-electron chi connectivity index (χ3n) is 4.89. The Morgan fingerprint density at radius 2 is 1.78 bits per heavy atom. The molecule has 1 aliphatic rings. The summed E-state index contributed by atoms with van der Waals surface area (Å²) in [7, 11) is 0. The van der Waals surface area contributed by atoms with Crippen LogP contribution in [0, 0.1) is 0 Å². The molecule has 7 heteroatoms. The summed E-state index contributed by atoms with van der Waals surface area (Å²) in [6, 6.07) is 17.7. The molecule has 2 aromatic carbocycles. The van der Waals surface area contributed by atoms with Crippen molar-refractivity contribution in [3.63, 3.8) is 0 Å². The van der Waals surface area contributed by atoms with Crippen LogP contribution in [-0.2, 0) is 0 Å². The summed E-state index contributed by atoms with van der Waals surface area (Å²) in [5.41, 5.74) is 6.47. The van der Waals surface area contributed by atoms with E-state index in [0.29, 0.717) is 11.5 Å². The number of aromatic nitrogens is 4. The average molecular weight is 360 g/mol. The third kappa shape index (κ3) is 4.08. The molecular formula is C20H20N6O. The highest BCUT2D eigenvalue weighted by Gasteiger charge is 2.19. The van der Waals surface area contributed by atoms with Crippen molar-refractivity contribution in [2.24, 2.45) is 5.10 Å². The van der Waals surface area contributed by atoms with Crippen LogP contribution in [0.15, 0.2) is 66.0 Å². The van der Waals surface area contributed by atoms with E-state index >= 15 is 0 Å². The van der Waals surface area contributed by atoms with Crippen LogP contribution in [0.4, 0.5) is 0 Å². The molecular weight excluding hydrogens is 340 g/mol. The Bertz CT molecular complexity index is 909. The zero-order valence-corrected chi connectivity index (χ0v) is 14.8. The number of rotatable bonds is 4. The lowest BCUT2D eigenvalue weighted by atomic mass is 9.83. The molecule has 4 rings (SSSR count). The SMILES string of the molecule is O=C(NN=C1CCC(c2ccccc2)CC1)c1ccc(-n2cnnn2)cc1. The Kier molecular flexibility index (Phi) is 5.00. The van der Waals surface area contributed by atoms with Gasteiger partial charge in [0, 0.05) is 11.3 Å². The van der Waals surface area contributed by atoms with Gasteiger partial charge in [-0.2, -0.15) is 5.10 Å². The number of tetrazole rings is 1. The number of hydrazone groups is 1. The van der Waals surface area contributed by atoms with Gasteiger partial charge in [-0.25, -0.2) is 10.1 Å². The second-order valence-electron chi connectivity index (χ2n) is 6.61. The van der Waals surface area contributed by atoms with Crippen LogP contribution in [0.1, 0.15) is 47.5 Å². The Morgan fingerprint density at radius 3 is 2.44 bits per heavy atom. The van der Waals surface area contributed by atoms with Crippen LogP contribution in [0.25, 0.3) is 5.69 Å². The number of hydrogen-bond acceptors (Lipinski definition) is 5. The van der Waals surface area contributed by atoms with Crippen molar-refractivity contribution in [1.82, 2.24) is 25.6 Å². The van der Waals surface area contributed by atoms with Crippen LogP contribution >= 0.6 is 0 Å². The molecule has 0 radical (unpaired) electrons. The smallest absolute Gasteiger partial charge is 0.267 e. The molecule has 1 heterocycles. The highest BCUT2D eigenvalue weighted by atomic mass is 16.2. The summed E-state index contributed by atoms with van der Waals surface area (Å²) in [5.74, 6) is 0.371. The predicted molar refractivity (Wildman–Crippen MR) is 102 cm³/mol. The van der Waals surface area contributed by atoms with Gasteiger partial charge in [0.1, 0.15) is 6.33 Å². The van der Waals surface area contributed by atoms with Gasteiger partial charge in [-0.05, 0) is 71.9 Å². The number of amides is 1. The highest BCUT2D eigenvalue weighted by molar-refractivity contribution is 5.95. The van der Waals surface area contributed by atoms with Crippen molar-refractivity contribution in [3.8, 4) is 5.69 Å². The van der Waals surface area contributed by atoms with E-state index < -0.39 is 0 Å². The molecule has 136 valence electrons. The summed E-state index contributed by atoms with van der Waals surface area (Å²) in [6.07, 6.45) is 5.47. The Morgan fingerprint density at radius 1 is 1.04 bits per heavy atom. The number of hydrogen-bond donors (Lipinski definition) is 1. The maximum atomic E-state index is 12.3. The van der Waals surface area contributed by atoms with E-state index in [1.54, 1.807) is 24.3 Å². The van der Waals surface area contributed by atoms with E-state index in [9.17, 15) is 4.79 Å². The molecule has 1 N–H and O–H groups in total. The van der Waals surface area contributed by atoms with Crippen molar-refractivity contribution in [2.75, 3.05) is 0 Å². The first-order valence-electron chi connectivity index (χ1n) is 9.04. The summed E-state index contributed by atoms with van der Waals surface area (Å²) in [4.78, 5) is 12.3. The fourth-order valence-corrected chi connectivity index (χ4v) is 3.36. The first-order valence-corrected chi connectivity index (χ1v) is 9.04. The lowest BCUT2D eigenvalue weighted by Crippen LogP contribution is -2.22. The van der Waals surface area contributed by atoms with Gasteiger partial charge in [-0.15, -0.1) is 5.10 Å². The molecule has 3 aromatic rings. The van der Waals surface area contributed by atoms with E-state index in [1.165, 1.54) is 16.6 Å². The molecule has 0 saturated heterocycles. The van der Waals surface area contributed by atoms with E-state index in [2.05, 4.69) is 50.3 Å². The van der Waals surface area contributed by atoms with Crippen LogP contribution in [0.2, 0.25) is 0 Å². The van der Waals surface area contributed by atoms with Gasteiger partial charge in [0.05, 0.1) is 5.69 Å². The van der Waals surface area contributed by atoms with Gasteiger partial charge in [0.2, 0.25) is 0 Å². The molecule has 1 amide bonds. The maximum Gasteiger partial charge on any atom is 0.271 e. The van der Waals surface area contributed by atoms with Gasteiger partial charge in [0.25, 0.3) is 5.91 Å². The number of carbonyl (C=O) groups excluding carboxylic acids is 1. The van der Waals surface area contributed by atoms with Crippen molar-refractivity contribution < 1.29 is 4.79 Å². The van der Waals surface area contributed by atoms with Gasteiger partial charge in [-0.3, -0.25) is 4.79 Å². The van der Waals surface area contributed by atoms with E-state index in [0.717, 1.165) is 37.1 Å². The van der Waals surface area contributed by atoms with Crippen LogP contribution < -0.4 is 5.43 Å². The first-order chi connectivity index (χ1) is 13.3. The molecule has 1 aromatic heterocycles. The summed E-state index contributed by atoms with van der Waals surface area (Å²) < 4.78 is 1.53. The normalized spacial score (nSPS) is 16.7. The molecule has 0 unspecified atom stereocenters. The van der Waals surface area contributed by atoms with Crippen molar-refractivity contribution in [1.29, 1.82) is 0 Å². The highest BCUT2D eigenvalue weighted by Crippen LogP contribution is 2.31. The van der Waals surface area contributed by atoms with E-state index in [-0.39, 0.29) is 5.91 Å². The fourth-order valence-electron chi connectivity index (χ4n) is 3.36. The van der Waals surface area contributed by atoms with Gasteiger partial charge in [-0.1, -0.05) is 30.3 Å². The lowest BCUT2D eigenvalue weighted by Gasteiger charge is -2.23. The summed E-state index contributed by atoms with van der Waals surface area (Å²) in [6.45, 7) is 0. The van der Waals surface area contributed by atoms with Crippen LogP contribution in [0.3, 0.4) is 0 Å². The van der Waals surface area contributed by atoms with Gasteiger partial charge in [0.15, 0.2) is 0 Å². The zero-order chi connectivity index (χ0) is 18.5. The molecule has 0 atom stereocenters. The summed E-state index contributed by atoms with van der Waals surface area (Å²) in [5, 5.41) is 15.4. The fraction of sp³-hybridized carbons (Fsp3) is 0.250. The maximum absolute atomic E-state index is 12.3. The first kappa shape index (κ1) is 17.1. The largest absolute Gasteiger partial charge is 0.271 e. The molecule has 7 nitrogen and oxygen atoms in total. The minimum atomic E-state index is -0.212. The summed E-state index contributed by atoms with van der Waals surface area (Å²) >= 11 is 0. The third-order valence-corrected chi connectivity index (χ3v) is 4.89. The number of nitrogens with zero attached hydrogens (tertiary/aromatic N) is 5. The Balaban J connectivity index is 1.32.